The maximum absolute atomic E-state index is 12.3. The molecule has 0 radical (unpaired) electrons. The van der Waals surface area contributed by atoms with E-state index in [4.69, 9.17) is 4.74 Å². The number of hydrogen-bond donors (Lipinski definition) is 1. The van der Waals surface area contributed by atoms with Crippen LogP contribution in [0.1, 0.15) is 12.5 Å². The highest BCUT2D eigenvalue weighted by atomic mass is 79.9. The van der Waals surface area contributed by atoms with Crippen molar-refractivity contribution in [3.63, 3.8) is 0 Å². The summed E-state index contributed by atoms with van der Waals surface area (Å²) in [5.74, 6) is 0.692. The molecule has 0 aliphatic rings. The molecule has 112 valence electrons. The lowest BCUT2D eigenvalue weighted by Crippen LogP contribution is -2.23. The molecule has 0 spiro atoms. The quantitative estimate of drug-likeness (QED) is 0.849. The van der Waals surface area contributed by atoms with Gasteiger partial charge >= 0.3 is 0 Å². The Balaban J connectivity index is 2.16. The van der Waals surface area contributed by atoms with Gasteiger partial charge in [0, 0.05) is 16.6 Å². The molecule has 6 heteroatoms. The summed E-state index contributed by atoms with van der Waals surface area (Å²) in [5, 5.41) is 0. The smallest absolute Gasteiger partial charge is 0.240 e. The zero-order chi connectivity index (χ0) is 15.3. The van der Waals surface area contributed by atoms with Crippen LogP contribution in [0.3, 0.4) is 0 Å². The minimum Gasteiger partial charge on any atom is -0.494 e. The second kappa shape index (κ2) is 7.06. The summed E-state index contributed by atoms with van der Waals surface area (Å²) in [6.45, 7) is 2.61. The van der Waals surface area contributed by atoms with Gasteiger partial charge in [-0.2, -0.15) is 0 Å². The Morgan fingerprint density at radius 2 is 1.90 bits per heavy atom. The van der Waals surface area contributed by atoms with Crippen molar-refractivity contribution < 1.29 is 13.2 Å². The molecule has 0 saturated heterocycles. The lowest BCUT2D eigenvalue weighted by atomic mass is 10.2. The number of ether oxygens (including phenoxy) is 1. The van der Waals surface area contributed by atoms with Crippen molar-refractivity contribution in [2.75, 3.05) is 6.61 Å². The van der Waals surface area contributed by atoms with E-state index in [0.29, 0.717) is 12.4 Å². The summed E-state index contributed by atoms with van der Waals surface area (Å²) in [5.41, 5.74) is 0.804. The zero-order valence-electron chi connectivity index (χ0n) is 11.5. The van der Waals surface area contributed by atoms with E-state index in [0.717, 1.165) is 10.0 Å². The van der Waals surface area contributed by atoms with Gasteiger partial charge in [0.1, 0.15) is 5.75 Å². The van der Waals surface area contributed by atoms with E-state index in [-0.39, 0.29) is 11.4 Å². The largest absolute Gasteiger partial charge is 0.494 e. The second-order valence-electron chi connectivity index (χ2n) is 4.32. The molecule has 1 N–H and O–H groups in total. The summed E-state index contributed by atoms with van der Waals surface area (Å²) >= 11 is 3.27. The van der Waals surface area contributed by atoms with Crippen LogP contribution in [-0.4, -0.2) is 15.0 Å². The van der Waals surface area contributed by atoms with Gasteiger partial charge in [-0.1, -0.05) is 40.2 Å². The van der Waals surface area contributed by atoms with Gasteiger partial charge in [-0.25, -0.2) is 13.1 Å². The molecule has 0 heterocycles. The molecule has 4 nitrogen and oxygen atoms in total. The van der Waals surface area contributed by atoms with Crippen LogP contribution in [0.4, 0.5) is 0 Å². The summed E-state index contributed by atoms with van der Waals surface area (Å²) in [6.07, 6.45) is 0. The molecular weight excluding hydrogens is 354 g/mol. The fourth-order valence-corrected chi connectivity index (χ4v) is 3.44. The molecule has 0 aromatic heterocycles. The van der Waals surface area contributed by atoms with Gasteiger partial charge in [-0.05, 0) is 31.2 Å². The van der Waals surface area contributed by atoms with Crippen molar-refractivity contribution >= 4 is 26.0 Å². The van der Waals surface area contributed by atoms with Crippen molar-refractivity contribution in [1.29, 1.82) is 0 Å². The molecule has 0 unspecified atom stereocenters. The van der Waals surface area contributed by atoms with Crippen molar-refractivity contribution in [3.05, 3.63) is 58.6 Å². The average Bonchev–Trinajstić information content (AvgIpc) is 2.47. The van der Waals surface area contributed by atoms with Crippen molar-refractivity contribution in [2.45, 2.75) is 18.4 Å². The summed E-state index contributed by atoms with van der Waals surface area (Å²) < 4.78 is 33.3. The summed E-state index contributed by atoms with van der Waals surface area (Å²) in [4.78, 5) is 0.228. The molecule has 0 fully saturated rings. The number of nitrogens with one attached hydrogen (secondary N) is 1. The Bertz CT molecular complexity index is 716. The van der Waals surface area contributed by atoms with Crippen LogP contribution in [0.5, 0.6) is 5.75 Å². The van der Waals surface area contributed by atoms with Gasteiger partial charge in [-0.15, -0.1) is 0 Å². The van der Waals surface area contributed by atoms with E-state index in [2.05, 4.69) is 20.7 Å². The molecule has 21 heavy (non-hydrogen) atoms. The molecule has 2 aromatic carbocycles. The van der Waals surface area contributed by atoms with Gasteiger partial charge in [0.05, 0.1) is 11.5 Å². The van der Waals surface area contributed by atoms with Crippen LogP contribution >= 0.6 is 15.9 Å². The number of hydrogen-bond acceptors (Lipinski definition) is 3. The molecular formula is C15H16BrNO3S. The number of para-hydroxylation sites is 1. The number of sulfonamides is 1. The lowest BCUT2D eigenvalue weighted by Gasteiger charge is -2.11. The van der Waals surface area contributed by atoms with Gasteiger partial charge in [-0.3, -0.25) is 0 Å². The Labute approximate surface area is 133 Å². The molecule has 0 bridgehead atoms. The minimum atomic E-state index is -3.55. The topological polar surface area (TPSA) is 55.4 Å². The van der Waals surface area contributed by atoms with Gasteiger partial charge in [0.2, 0.25) is 10.0 Å². The van der Waals surface area contributed by atoms with Crippen LogP contribution < -0.4 is 9.46 Å². The lowest BCUT2D eigenvalue weighted by molar-refractivity contribution is 0.336. The number of rotatable bonds is 6. The van der Waals surface area contributed by atoms with Crippen LogP contribution in [0, 0.1) is 0 Å². The van der Waals surface area contributed by atoms with E-state index >= 15 is 0 Å². The zero-order valence-corrected chi connectivity index (χ0v) is 13.9. The normalized spacial score (nSPS) is 11.3. The van der Waals surface area contributed by atoms with Crippen LogP contribution in [-0.2, 0) is 16.6 Å². The molecule has 0 aliphatic heterocycles. The maximum atomic E-state index is 12.3. The molecule has 0 atom stereocenters. The van der Waals surface area contributed by atoms with Gasteiger partial charge in [0.25, 0.3) is 0 Å². The Morgan fingerprint density at radius 1 is 1.14 bits per heavy atom. The van der Waals surface area contributed by atoms with E-state index in [1.165, 1.54) is 0 Å². The van der Waals surface area contributed by atoms with Gasteiger partial charge in [0.15, 0.2) is 0 Å². The van der Waals surface area contributed by atoms with Crippen molar-refractivity contribution in [1.82, 2.24) is 4.72 Å². The molecule has 2 aromatic rings. The Morgan fingerprint density at radius 3 is 2.62 bits per heavy atom. The second-order valence-corrected chi connectivity index (χ2v) is 7.01. The first-order valence-electron chi connectivity index (χ1n) is 6.49. The first-order valence-corrected chi connectivity index (χ1v) is 8.76. The fourth-order valence-electron chi connectivity index (χ4n) is 1.84. The third-order valence-electron chi connectivity index (χ3n) is 2.83. The van der Waals surface area contributed by atoms with E-state index < -0.39 is 10.0 Å². The molecule has 0 aliphatic carbocycles. The van der Waals surface area contributed by atoms with Crippen LogP contribution in [0.15, 0.2) is 57.9 Å². The SMILES string of the molecule is CCOc1ccccc1CNS(=O)(=O)c1cccc(Br)c1. The Hall–Kier alpha value is -1.37. The average molecular weight is 370 g/mol. The van der Waals surface area contributed by atoms with E-state index in [9.17, 15) is 8.42 Å². The molecule has 0 saturated carbocycles. The third kappa shape index (κ3) is 4.30. The summed E-state index contributed by atoms with van der Waals surface area (Å²) in [6, 6.07) is 14.0. The predicted molar refractivity (Wildman–Crippen MR) is 85.8 cm³/mol. The van der Waals surface area contributed by atoms with Crippen LogP contribution in [0.25, 0.3) is 0 Å². The van der Waals surface area contributed by atoms with E-state index in [1.54, 1.807) is 24.3 Å². The highest BCUT2D eigenvalue weighted by Crippen LogP contribution is 2.20. The van der Waals surface area contributed by atoms with Crippen LogP contribution in [0.2, 0.25) is 0 Å². The number of benzene rings is 2. The van der Waals surface area contributed by atoms with Gasteiger partial charge < -0.3 is 4.74 Å². The molecule has 2 rings (SSSR count). The fraction of sp³-hybridized carbons (Fsp3) is 0.200. The first kappa shape index (κ1) is 16.0. The first-order chi connectivity index (χ1) is 10.0. The van der Waals surface area contributed by atoms with Crippen molar-refractivity contribution in [2.24, 2.45) is 0 Å². The maximum Gasteiger partial charge on any atom is 0.240 e. The summed E-state index contributed by atoms with van der Waals surface area (Å²) in [7, 11) is -3.55. The standard InChI is InChI=1S/C15H16BrNO3S/c1-2-20-15-9-4-3-6-12(15)11-17-21(18,19)14-8-5-7-13(16)10-14/h3-10,17H,2,11H2,1H3. The highest BCUT2D eigenvalue weighted by molar-refractivity contribution is 9.10. The number of halogens is 1. The third-order valence-corrected chi connectivity index (χ3v) is 4.72. The Kier molecular flexibility index (Phi) is 5.39. The predicted octanol–water partition coefficient (Wildman–Crippen LogP) is 3.33. The monoisotopic (exact) mass is 369 g/mol. The molecule has 0 amide bonds. The highest BCUT2D eigenvalue weighted by Gasteiger charge is 2.14. The van der Waals surface area contributed by atoms with E-state index in [1.807, 2.05) is 31.2 Å². The minimum absolute atomic E-state index is 0.186. The van der Waals surface area contributed by atoms with Crippen molar-refractivity contribution in [3.8, 4) is 5.75 Å².